The molecule has 3 heterocycles. The molecule has 174 valence electrons. The van der Waals surface area contributed by atoms with Crippen LogP contribution in [0, 0.1) is 10.1 Å². The van der Waals surface area contributed by atoms with E-state index in [1.165, 1.54) is 12.1 Å². The van der Waals surface area contributed by atoms with E-state index in [0.717, 1.165) is 16.8 Å². The number of benzene rings is 1. The summed E-state index contributed by atoms with van der Waals surface area (Å²) in [5.41, 5.74) is 14.1. The first-order valence-electron chi connectivity index (χ1n) is 10.0. The number of hydrogen-bond acceptors (Lipinski definition) is 10. The van der Waals surface area contributed by atoms with Gasteiger partial charge in [-0.05, 0) is 30.7 Å². The number of halogens is 1. The lowest BCUT2D eigenvalue weighted by Gasteiger charge is -2.09. The monoisotopic (exact) mass is 481 g/mol. The highest BCUT2D eigenvalue weighted by atomic mass is 35.5. The Bertz CT molecular complexity index is 1360. The molecule has 0 spiro atoms. The molecule has 4 rings (SSSR count). The van der Waals surface area contributed by atoms with Crippen LogP contribution in [0.3, 0.4) is 0 Å². The summed E-state index contributed by atoms with van der Waals surface area (Å²) in [7, 11) is 1.57. The number of ether oxygens (including phenoxy) is 1. The number of nitrogens with one attached hydrogen (secondary N) is 2. The Labute approximate surface area is 198 Å². The number of nitrogen functional groups attached to an aromatic ring is 2. The maximum atomic E-state index is 10.9. The van der Waals surface area contributed by atoms with Crippen LogP contribution >= 0.6 is 11.6 Å². The van der Waals surface area contributed by atoms with Crippen molar-refractivity contribution < 1.29 is 9.66 Å². The number of H-pyrrole nitrogens is 1. The second kappa shape index (κ2) is 9.58. The fourth-order valence-electron chi connectivity index (χ4n) is 3.32. The molecule has 0 radical (unpaired) electrons. The summed E-state index contributed by atoms with van der Waals surface area (Å²) < 4.78 is 5.42. The van der Waals surface area contributed by atoms with Crippen molar-refractivity contribution in [2.24, 2.45) is 0 Å². The Morgan fingerprint density at radius 2 is 2.00 bits per heavy atom. The van der Waals surface area contributed by atoms with Crippen molar-refractivity contribution in [3.63, 3.8) is 0 Å². The number of aromatic amines is 1. The number of nitrogens with two attached hydrogens (primary N) is 2. The zero-order valence-corrected chi connectivity index (χ0v) is 18.7. The van der Waals surface area contributed by atoms with Gasteiger partial charge in [0.15, 0.2) is 5.82 Å². The molecule has 0 unspecified atom stereocenters. The number of hydrogen-bond donors (Lipinski definition) is 4. The third kappa shape index (κ3) is 4.81. The Hall–Kier alpha value is -4.45. The minimum absolute atomic E-state index is 0.110. The number of nitro groups is 1. The maximum absolute atomic E-state index is 10.9. The summed E-state index contributed by atoms with van der Waals surface area (Å²) in [5.74, 6) is 1.47. The molecule has 0 saturated heterocycles. The van der Waals surface area contributed by atoms with Gasteiger partial charge < -0.3 is 26.5 Å². The van der Waals surface area contributed by atoms with Crippen LogP contribution in [-0.4, -0.2) is 43.5 Å². The van der Waals surface area contributed by atoms with Crippen LogP contribution in [0.5, 0.6) is 5.75 Å². The Morgan fingerprint density at radius 3 is 2.74 bits per heavy atom. The van der Waals surface area contributed by atoms with E-state index in [1.54, 1.807) is 31.6 Å². The smallest absolute Gasteiger partial charge is 0.311 e. The van der Waals surface area contributed by atoms with Crippen molar-refractivity contribution in [2.75, 3.05) is 30.4 Å². The molecule has 0 aliphatic rings. The van der Waals surface area contributed by atoms with Gasteiger partial charge in [0.1, 0.15) is 17.3 Å². The van der Waals surface area contributed by atoms with Crippen LogP contribution in [0.4, 0.5) is 23.3 Å². The SMILES string of the molecule is COc1cc(Cl)ccc1-c1cnc(-c2nc(N)ncc2CCNc2ccc([N+](=O)[O-])c(N)n2)[nH]1. The van der Waals surface area contributed by atoms with Gasteiger partial charge in [0, 0.05) is 35.0 Å². The third-order valence-corrected chi connectivity index (χ3v) is 5.17. The van der Waals surface area contributed by atoms with Crippen LogP contribution < -0.4 is 21.5 Å². The predicted octanol–water partition coefficient (Wildman–Crippen LogP) is 3.32. The normalized spacial score (nSPS) is 10.8. The summed E-state index contributed by atoms with van der Waals surface area (Å²) in [5, 5.41) is 14.5. The highest BCUT2D eigenvalue weighted by Gasteiger charge is 2.16. The van der Waals surface area contributed by atoms with Crippen molar-refractivity contribution in [2.45, 2.75) is 6.42 Å². The molecule has 13 heteroatoms. The number of nitrogens with zero attached hydrogens (tertiary/aromatic N) is 5. The van der Waals surface area contributed by atoms with Crippen molar-refractivity contribution in [1.82, 2.24) is 24.9 Å². The summed E-state index contributed by atoms with van der Waals surface area (Å²) >= 11 is 6.06. The molecular weight excluding hydrogens is 462 g/mol. The number of aromatic nitrogens is 5. The Kier molecular flexibility index (Phi) is 6.41. The van der Waals surface area contributed by atoms with Crippen molar-refractivity contribution in [1.29, 1.82) is 0 Å². The maximum Gasteiger partial charge on any atom is 0.311 e. The van der Waals surface area contributed by atoms with Gasteiger partial charge >= 0.3 is 5.69 Å². The average molecular weight is 482 g/mol. The first kappa shape index (κ1) is 22.7. The van der Waals surface area contributed by atoms with E-state index in [1.807, 2.05) is 6.07 Å². The molecule has 0 aliphatic carbocycles. The molecule has 34 heavy (non-hydrogen) atoms. The zero-order valence-electron chi connectivity index (χ0n) is 17.9. The summed E-state index contributed by atoms with van der Waals surface area (Å²) in [4.78, 5) is 30.5. The lowest BCUT2D eigenvalue weighted by molar-refractivity contribution is -0.384. The van der Waals surface area contributed by atoms with Crippen molar-refractivity contribution >= 4 is 34.9 Å². The van der Waals surface area contributed by atoms with E-state index >= 15 is 0 Å². The lowest BCUT2D eigenvalue weighted by atomic mass is 10.1. The highest BCUT2D eigenvalue weighted by Crippen LogP contribution is 2.32. The third-order valence-electron chi connectivity index (χ3n) is 4.94. The molecule has 0 atom stereocenters. The van der Waals surface area contributed by atoms with Gasteiger partial charge in [-0.1, -0.05) is 11.6 Å². The molecule has 0 bridgehead atoms. The number of rotatable bonds is 8. The Balaban J connectivity index is 1.54. The van der Waals surface area contributed by atoms with E-state index in [9.17, 15) is 10.1 Å². The molecule has 4 aromatic rings. The zero-order chi connectivity index (χ0) is 24.2. The van der Waals surface area contributed by atoms with Crippen LogP contribution in [-0.2, 0) is 6.42 Å². The van der Waals surface area contributed by atoms with Gasteiger partial charge in [0.2, 0.25) is 11.8 Å². The van der Waals surface area contributed by atoms with E-state index in [-0.39, 0.29) is 17.5 Å². The number of anilines is 3. The molecule has 0 saturated carbocycles. The minimum atomic E-state index is -0.582. The van der Waals surface area contributed by atoms with Gasteiger partial charge in [-0.2, -0.15) is 0 Å². The average Bonchev–Trinajstić information content (AvgIpc) is 3.29. The molecular formula is C21H20ClN9O3. The molecule has 0 amide bonds. The van der Waals surface area contributed by atoms with Crippen LogP contribution in [0.2, 0.25) is 5.02 Å². The molecule has 3 aromatic heterocycles. The van der Waals surface area contributed by atoms with E-state index in [0.29, 0.717) is 41.1 Å². The fraction of sp³-hybridized carbons (Fsp3) is 0.143. The molecule has 0 fully saturated rings. The first-order valence-corrected chi connectivity index (χ1v) is 10.4. The van der Waals surface area contributed by atoms with Gasteiger partial charge in [-0.3, -0.25) is 10.1 Å². The minimum Gasteiger partial charge on any atom is -0.496 e. The summed E-state index contributed by atoms with van der Waals surface area (Å²) in [6.07, 6.45) is 3.79. The number of imidazole rings is 1. The summed E-state index contributed by atoms with van der Waals surface area (Å²) in [6, 6.07) is 8.11. The van der Waals surface area contributed by atoms with Crippen LogP contribution in [0.15, 0.2) is 42.7 Å². The molecule has 12 nitrogen and oxygen atoms in total. The van der Waals surface area contributed by atoms with Gasteiger partial charge in [0.25, 0.3) is 0 Å². The largest absolute Gasteiger partial charge is 0.496 e. The lowest BCUT2D eigenvalue weighted by Crippen LogP contribution is -2.10. The van der Waals surface area contributed by atoms with E-state index in [4.69, 9.17) is 27.8 Å². The second-order valence-electron chi connectivity index (χ2n) is 7.13. The van der Waals surface area contributed by atoms with Crippen LogP contribution in [0.25, 0.3) is 22.8 Å². The van der Waals surface area contributed by atoms with Crippen molar-refractivity contribution in [3.8, 4) is 28.5 Å². The molecule has 6 N–H and O–H groups in total. The van der Waals surface area contributed by atoms with Gasteiger partial charge in [0.05, 0.1) is 23.9 Å². The predicted molar refractivity (Wildman–Crippen MR) is 129 cm³/mol. The van der Waals surface area contributed by atoms with Crippen LogP contribution in [0.1, 0.15) is 5.56 Å². The molecule has 1 aromatic carbocycles. The van der Waals surface area contributed by atoms with Crippen molar-refractivity contribution in [3.05, 3.63) is 63.4 Å². The Morgan fingerprint density at radius 1 is 1.18 bits per heavy atom. The topological polar surface area (TPSA) is 184 Å². The quantitative estimate of drug-likeness (QED) is 0.215. The number of methoxy groups -OCH3 is 1. The summed E-state index contributed by atoms with van der Waals surface area (Å²) in [6.45, 7) is 0.434. The first-order chi connectivity index (χ1) is 16.4. The second-order valence-corrected chi connectivity index (χ2v) is 7.56. The fourth-order valence-corrected chi connectivity index (χ4v) is 3.48. The highest BCUT2D eigenvalue weighted by molar-refractivity contribution is 6.30. The molecule has 0 aliphatic heterocycles. The van der Waals surface area contributed by atoms with Gasteiger partial charge in [-0.15, -0.1) is 0 Å². The van der Waals surface area contributed by atoms with E-state index < -0.39 is 4.92 Å². The number of pyridine rings is 1. The van der Waals surface area contributed by atoms with Gasteiger partial charge in [-0.25, -0.2) is 19.9 Å². The van der Waals surface area contributed by atoms with E-state index in [2.05, 4.69) is 30.2 Å². The standard InChI is InChI=1S/C21H20ClN9O3/c1-34-16-8-12(22)2-3-13(16)14-10-26-20(28-14)18-11(9-27-21(24)30-18)6-7-25-17-5-4-15(31(32)33)19(23)29-17/h2-5,8-10H,6-7H2,1H3,(H,26,28)(H3,23,25,29)(H2,24,27,30).